The van der Waals surface area contributed by atoms with E-state index in [0.29, 0.717) is 0 Å². The van der Waals surface area contributed by atoms with Crippen LogP contribution in [0.1, 0.15) is 30.5 Å². The minimum absolute atomic E-state index is 0.953. The van der Waals surface area contributed by atoms with Crippen molar-refractivity contribution in [2.24, 2.45) is 5.92 Å². The van der Waals surface area contributed by atoms with Crippen molar-refractivity contribution in [2.45, 2.75) is 32.7 Å². The van der Waals surface area contributed by atoms with Crippen LogP contribution in [-0.4, -0.2) is 16.7 Å². The number of H-pyrrole nitrogens is 1. The number of nitrogens with one attached hydrogen (secondary N) is 2. The van der Waals surface area contributed by atoms with Gasteiger partial charge in [0, 0.05) is 17.8 Å². The molecule has 1 aromatic heterocycles. The topological polar surface area (TPSA) is 40.7 Å². The molecule has 0 amide bonds. The summed E-state index contributed by atoms with van der Waals surface area (Å²) < 4.78 is 0. The summed E-state index contributed by atoms with van der Waals surface area (Å²) >= 11 is 0. The summed E-state index contributed by atoms with van der Waals surface area (Å²) in [5, 5.41) is 10.4. The molecule has 1 aromatic rings. The van der Waals surface area contributed by atoms with E-state index in [1.54, 1.807) is 0 Å². The van der Waals surface area contributed by atoms with Gasteiger partial charge in [0.25, 0.3) is 0 Å². The van der Waals surface area contributed by atoms with Crippen LogP contribution in [0.15, 0.2) is 6.20 Å². The lowest BCUT2D eigenvalue weighted by molar-refractivity contribution is 0.612. The van der Waals surface area contributed by atoms with Gasteiger partial charge in [0.2, 0.25) is 0 Å². The van der Waals surface area contributed by atoms with E-state index in [1.165, 1.54) is 30.5 Å². The molecular weight excluding hydrogens is 162 g/mol. The first kappa shape index (κ1) is 8.75. The molecule has 0 bridgehead atoms. The Hall–Kier alpha value is -0.830. The van der Waals surface area contributed by atoms with E-state index >= 15 is 0 Å². The summed E-state index contributed by atoms with van der Waals surface area (Å²) in [7, 11) is 0. The fourth-order valence-electron chi connectivity index (χ4n) is 1.49. The van der Waals surface area contributed by atoms with Crippen LogP contribution in [-0.2, 0) is 6.54 Å². The van der Waals surface area contributed by atoms with Crippen LogP contribution in [0.25, 0.3) is 0 Å². The van der Waals surface area contributed by atoms with Gasteiger partial charge >= 0.3 is 0 Å². The quantitative estimate of drug-likeness (QED) is 0.674. The number of aromatic nitrogens is 2. The predicted octanol–water partition coefficient (Wildman–Crippen LogP) is 1.61. The lowest BCUT2D eigenvalue weighted by atomic mass is 10.2. The second-order valence-electron chi connectivity index (χ2n) is 3.93. The maximum Gasteiger partial charge on any atom is 0.0535 e. The Kier molecular flexibility index (Phi) is 2.64. The molecule has 0 radical (unpaired) electrons. The normalized spacial score (nSPS) is 16.4. The van der Waals surface area contributed by atoms with Crippen molar-refractivity contribution < 1.29 is 0 Å². The number of nitrogens with zero attached hydrogens (tertiary/aromatic N) is 1. The summed E-state index contributed by atoms with van der Waals surface area (Å²) in [6.45, 7) is 4.16. The van der Waals surface area contributed by atoms with Gasteiger partial charge in [-0.1, -0.05) is 12.8 Å². The second-order valence-corrected chi connectivity index (χ2v) is 3.93. The molecule has 0 atom stereocenters. The summed E-state index contributed by atoms with van der Waals surface area (Å²) in [6, 6.07) is 0. The monoisotopic (exact) mass is 179 g/mol. The highest BCUT2D eigenvalue weighted by molar-refractivity contribution is 5.13. The van der Waals surface area contributed by atoms with Crippen LogP contribution in [0.3, 0.4) is 0 Å². The Labute approximate surface area is 78.9 Å². The maximum atomic E-state index is 3.98. The molecule has 0 aliphatic heterocycles. The van der Waals surface area contributed by atoms with Crippen molar-refractivity contribution in [1.82, 2.24) is 15.5 Å². The van der Waals surface area contributed by atoms with Gasteiger partial charge in [-0.25, -0.2) is 0 Å². The smallest absolute Gasteiger partial charge is 0.0535 e. The Morgan fingerprint density at radius 2 is 2.46 bits per heavy atom. The summed E-state index contributed by atoms with van der Waals surface area (Å²) in [6.07, 6.45) is 6.15. The third-order valence-electron chi connectivity index (χ3n) is 2.68. The molecule has 3 heteroatoms. The van der Waals surface area contributed by atoms with Crippen molar-refractivity contribution >= 4 is 0 Å². The Balaban J connectivity index is 1.64. The number of aryl methyl sites for hydroxylation is 1. The van der Waals surface area contributed by atoms with Gasteiger partial charge in [-0.2, -0.15) is 5.10 Å². The molecular formula is C10H17N3. The highest BCUT2D eigenvalue weighted by Crippen LogP contribution is 2.31. The molecule has 72 valence electrons. The largest absolute Gasteiger partial charge is 0.313 e. The lowest BCUT2D eigenvalue weighted by Gasteiger charge is -2.02. The van der Waals surface area contributed by atoms with E-state index in [4.69, 9.17) is 0 Å². The zero-order valence-corrected chi connectivity index (χ0v) is 8.14. The second kappa shape index (κ2) is 3.92. The summed E-state index contributed by atoms with van der Waals surface area (Å²) in [5.74, 6) is 1.03. The van der Waals surface area contributed by atoms with Crippen molar-refractivity contribution in [1.29, 1.82) is 0 Å². The van der Waals surface area contributed by atoms with E-state index in [-0.39, 0.29) is 0 Å². The number of hydrogen-bond donors (Lipinski definition) is 2. The molecule has 2 rings (SSSR count). The Morgan fingerprint density at radius 1 is 1.62 bits per heavy atom. The average Bonchev–Trinajstić information content (AvgIpc) is 2.86. The number of hydrogen-bond acceptors (Lipinski definition) is 2. The van der Waals surface area contributed by atoms with E-state index in [2.05, 4.69) is 22.4 Å². The summed E-state index contributed by atoms with van der Waals surface area (Å²) in [5.41, 5.74) is 2.47. The molecule has 13 heavy (non-hydrogen) atoms. The van der Waals surface area contributed by atoms with E-state index < -0.39 is 0 Å². The highest BCUT2D eigenvalue weighted by Gasteiger charge is 2.19. The zero-order valence-electron chi connectivity index (χ0n) is 8.14. The van der Waals surface area contributed by atoms with Crippen molar-refractivity contribution in [3.63, 3.8) is 0 Å². The van der Waals surface area contributed by atoms with Crippen molar-refractivity contribution in [3.8, 4) is 0 Å². The number of rotatable bonds is 5. The van der Waals surface area contributed by atoms with Crippen molar-refractivity contribution in [2.75, 3.05) is 6.54 Å². The minimum atomic E-state index is 0.953. The molecule has 1 aliphatic rings. The van der Waals surface area contributed by atoms with E-state index in [0.717, 1.165) is 19.0 Å². The van der Waals surface area contributed by atoms with Gasteiger partial charge in [0.05, 0.1) is 6.20 Å². The molecule has 1 saturated carbocycles. The van der Waals surface area contributed by atoms with Crippen LogP contribution in [0.5, 0.6) is 0 Å². The third-order valence-corrected chi connectivity index (χ3v) is 2.68. The molecule has 0 aromatic carbocycles. The molecule has 0 spiro atoms. The highest BCUT2D eigenvalue weighted by atomic mass is 15.1. The first-order chi connectivity index (χ1) is 6.36. The Bertz CT molecular complexity index is 263. The zero-order chi connectivity index (χ0) is 9.10. The standard InChI is InChI=1S/C10H17N3/c1-8-10(7-12-13-8)6-11-5-4-9-2-3-9/h7,9,11H,2-6H2,1H3,(H,12,13). The van der Waals surface area contributed by atoms with Crippen LogP contribution < -0.4 is 5.32 Å². The molecule has 2 N–H and O–H groups in total. The number of aromatic amines is 1. The molecule has 1 fully saturated rings. The molecule has 0 unspecified atom stereocenters. The van der Waals surface area contributed by atoms with Crippen LogP contribution in [0.4, 0.5) is 0 Å². The first-order valence-corrected chi connectivity index (χ1v) is 5.06. The maximum absolute atomic E-state index is 3.98. The van der Waals surface area contributed by atoms with Gasteiger partial charge in [0.15, 0.2) is 0 Å². The van der Waals surface area contributed by atoms with Gasteiger partial charge in [0.1, 0.15) is 0 Å². The fourth-order valence-corrected chi connectivity index (χ4v) is 1.49. The lowest BCUT2D eigenvalue weighted by Crippen LogP contribution is -2.15. The first-order valence-electron chi connectivity index (χ1n) is 5.06. The third kappa shape index (κ3) is 2.56. The van der Waals surface area contributed by atoms with Crippen LogP contribution in [0, 0.1) is 12.8 Å². The van der Waals surface area contributed by atoms with E-state index in [9.17, 15) is 0 Å². The van der Waals surface area contributed by atoms with Crippen molar-refractivity contribution in [3.05, 3.63) is 17.5 Å². The Morgan fingerprint density at radius 3 is 3.08 bits per heavy atom. The van der Waals surface area contributed by atoms with E-state index in [1.807, 2.05) is 6.20 Å². The van der Waals surface area contributed by atoms with Gasteiger partial charge in [-0.3, -0.25) is 5.10 Å². The molecule has 1 aliphatic carbocycles. The van der Waals surface area contributed by atoms with Gasteiger partial charge < -0.3 is 5.32 Å². The van der Waals surface area contributed by atoms with Gasteiger partial charge in [-0.15, -0.1) is 0 Å². The summed E-state index contributed by atoms with van der Waals surface area (Å²) in [4.78, 5) is 0. The average molecular weight is 179 g/mol. The van der Waals surface area contributed by atoms with Gasteiger partial charge in [-0.05, 0) is 25.8 Å². The minimum Gasteiger partial charge on any atom is -0.313 e. The fraction of sp³-hybridized carbons (Fsp3) is 0.700. The SMILES string of the molecule is Cc1[nH]ncc1CNCCC1CC1. The predicted molar refractivity (Wildman–Crippen MR) is 52.4 cm³/mol. The molecule has 3 nitrogen and oxygen atoms in total. The molecule has 1 heterocycles. The van der Waals surface area contributed by atoms with Crippen LogP contribution >= 0.6 is 0 Å². The van der Waals surface area contributed by atoms with Crippen LogP contribution in [0.2, 0.25) is 0 Å². The molecule has 0 saturated heterocycles.